The van der Waals surface area contributed by atoms with Crippen LogP contribution in [0.2, 0.25) is 5.02 Å². The minimum Gasteiger partial charge on any atom is -0.390 e. The third kappa shape index (κ3) is 5.48. The Labute approximate surface area is 208 Å². The smallest absolute Gasteiger partial charge is 0.260 e. The summed E-state index contributed by atoms with van der Waals surface area (Å²) in [7, 11) is 0. The lowest BCUT2D eigenvalue weighted by atomic mass is 10.0. The van der Waals surface area contributed by atoms with Gasteiger partial charge in [-0.05, 0) is 32.5 Å². The van der Waals surface area contributed by atoms with Gasteiger partial charge in [-0.15, -0.1) is 0 Å². The van der Waals surface area contributed by atoms with Gasteiger partial charge in [0, 0.05) is 52.6 Å². The molecule has 0 spiro atoms. The molecular formula is C25H28ClN7O2. The molecule has 3 N–H and O–H groups in total. The number of nitrogens with one attached hydrogen (secondary N) is 2. The molecule has 3 aromatic heterocycles. The van der Waals surface area contributed by atoms with Crippen LogP contribution >= 0.6 is 11.6 Å². The van der Waals surface area contributed by atoms with Gasteiger partial charge in [-0.2, -0.15) is 4.98 Å². The van der Waals surface area contributed by atoms with Crippen molar-refractivity contribution < 1.29 is 5.11 Å². The van der Waals surface area contributed by atoms with Crippen LogP contribution in [-0.4, -0.2) is 55.3 Å². The molecule has 35 heavy (non-hydrogen) atoms. The summed E-state index contributed by atoms with van der Waals surface area (Å²) in [5, 5.41) is 17.8. The second-order valence-electron chi connectivity index (χ2n) is 8.18. The normalized spacial score (nSPS) is 12.1. The molecule has 0 aliphatic carbocycles. The molecule has 4 aromatic rings. The van der Waals surface area contributed by atoms with Gasteiger partial charge < -0.3 is 15.7 Å². The predicted octanol–water partition coefficient (Wildman–Crippen LogP) is 3.28. The molecule has 0 aliphatic rings. The van der Waals surface area contributed by atoms with Crippen molar-refractivity contribution in [2.45, 2.75) is 33.4 Å². The molecule has 182 valence electrons. The van der Waals surface area contributed by atoms with E-state index < -0.39 is 6.10 Å². The van der Waals surface area contributed by atoms with Crippen molar-refractivity contribution in [2.75, 3.05) is 25.0 Å². The highest BCUT2D eigenvalue weighted by Crippen LogP contribution is 2.31. The van der Waals surface area contributed by atoms with E-state index in [2.05, 4.69) is 30.6 Å². The molecule has 9 nitrogen and oxygen atoms in total. The number of aliphatic hydroxyl groups excluding tert-OH is 1. The van der Waals surface area contributed by atoms with Gasteiger partial charge in [0.1, 0.15) is 5.65 Å². The zero-order valence-electron chi connectivity index (χ0n) is 19.9. The first-order valence-corrected chi connectivity index (χ1v) is 11.9. The molecule has 1 atom stereocenters. The minimum atomic E-state index is -0.776. The van der Waals surface area contributed by atoms with E-state index in [-0.39, 0.29) is 12.1 Å². The number of anilines is 1. The largest absolute Gasteiger partial charge is 0.390 e. The van der Waals surface area contributed by atoms with Gasteiger partial charge in [0.2, 0.25) is 5.95 Å². The van der Waals surface area contributed by atoms with Crippen LogP contribution in [-0.2, 0) is 6.54 Å². The standard InChI is InChI=1S/C25H28ClN7O2/c1-4-27-12-18(34)14-33-23-17(11-30-25(32-23)29-5-2)8-20(24(33)35)19-7-6-16(9-21(19)26)22-13-28-10-15(3)31-22/h6-11,13,18,27,34H,4-5,12,14H2,1-3H3,(H,29,30,32). The molecule has 3 heterocycles. The maximum atomic E-state index is 13.7. The number of hydrogen-bond acceptors (Lipinski definition) is 8. The summed E-state index contributed by atoms with van der Waals surface area (Å²) in [5.74, 6) is 0.420. The SMILES string of the molecule is CCNCC(O)Cn1c(=O)c(-c2ccc(-c3cncc(C)n3)cc2Cl)cc2cnc(NCC)nc21. The molecule has 0 saturated carbocycles. The van der Waals surface area contributed by atoms with Crippen LogP contribution in [0.25, 0.3) is 33.4 Å². The van der Waals surface area contributed by atoms with Gasteiger partial charge in [-0.1, -0.05) is 30.7 Å². The average molecular weight is 494 g/mol. The minimum absolute atomic E-state index is 0.0767. The number of aliphatic hydroxyl groups is 1. The number of rotatable bonds is 9. The Kier molecular flexibility index (Phi) is 7.70. The zero-order chi connectivity index (χ0) is 24.9. The Balaban J connectivity index is 1.83. The summed E-state index contributed by atoms with van der Waals surface area (Å²) in [6, 6.07) is 7.19. The van der Waals surface area contributed by atoms with Crippen LogP contribution in [0.5, 0.6) is 0 Å². The van der Waals surface area contributed by atoms with Gasteiger partial charge in [0.15, 0.2) is 0 Å². The molecule has 0 amide bonds. The van der Waals surface area contributed by atoms with Crippen molar-refractivity contribution in [3.8, 4) is 22.4 Å². The molecule has 1 unspecified atom stereocenters. The van der Waals surface area contributed by atoms with Crippen molar-refractivity contribution in [2.24, 2.45) is 0 Å². The van der Waals surface area contributed by atoms with E-state index in [9.17, 15) is 9.90 Å². The number of benzene rings is 1. The summed E-state index contributed by atoms with van der Waals surface area (Å²) in [5.41, 5.74) is 3.44. The molecule has 4 rings (SSSR count). The van der Waals surface area contributed by atoms with E-state index in [0.717, 1.165) is 11.3 Å². The molecule has 0 saturated heterocycles. The number of aromatic nitrogens is 5. The fourth-order valence-electron chi connectivity index (χ4n) is 3.85. The monoisotopic (exact) mass is 493 g/mol. The number of hydrogen-bond donors (Lipinski definition) is 3. The van der Waals surface area contributed by atoms with Crippen LogP contribution in [0.1, 0.15) is 19.5 Å². The summed E-state index contributed by atoms with van der Waals surface area (Å²) in [6.07, 6.45) is 4.25. The van der Waals surface area contributed by atoms with Crippen molar-refractivity contribution in [3.63, 3.8) is 0 Å². The molecule has 0 fully saturated rings. The van der Waals surface area contributed by atoms with Crippen LogP contribution in [0.3, 0.4) is 0 Å². The van der Waals surface area contributed by atoms with E-state index >= 15 is 0 Å². The van der Waals surface area contributed by atoms with Crippen LogP contribution in [0.4, 0.5) is 5.95 Å². The lowest BCUT2D eigenvalue weighted by Crippen LogP contribution is -2.34. The van der Waals surface area contributed by atoms with E-state index in [0.29, 0.717) is 58.5 Å². The first kappa shape index (κ1) is 24.7. The Morgan fingerprint density at radius 1 is 1.09 bits per heavy atom. The van der Waals surface area contributed by atoms with Crippen molar-refractivity contribution in [1.82, 2.24) is 29.8 Å². The van der Waals surface area contributed by atoms with E-state index in [1.807, 2.05) is 26.8 Å². The molecule has 10 heteroatoms. The Morgan fingerprint density at radius 3 is 2.63 bits per heavy atom. The fourth-order valence-corrected chi connectivity index (χ4v) is 4.13. The van der Waals surface area contributed by atoms with Gasteiger partial charge in [0.25, 0.3) is 5.56 Å². The Bertz CT molecular complexity index is 1410. The molecule has 0 aliphatic heterocycles. The molecule has 1 aromatic carbocycles. The van der Waals surface area contributed by atoms with E-state index in [1.54, 1.807) is 36.8 Å². The van der Waals surface area contributed by atoms with E-state index in [4.69, 9.17) is 11.6 Å². The Hall–Kier alpha value is -3.40. The molecule has 0 radical (unpaired) electrons. The summed E-state index contributed by atoms with van der Waals surface area (Å²) < 4.78 is 1.49. The van der Waals surface area contributed by atoms with Crippen molar-refractivity contribution in [1.29, 1.82) is 0 Å². The van der Waals surface area contributed by atoms with Crippen molar-refractivity contribution in [3.05, 3.63) is 63.9 Å². The second-order valence-corrected chi connectivity index (χ2v) is 8.59. The average Bonchev–Trinajstić information content (AvgIpc) is 2.85. The predicted molar refractivity (Wildman–Crippen MR) is 139 cm³/mol. The topological polar surface area (TPSA) is 118 Å². The quantitative estimate of drug-likeness (QED) is 0.325. The number of likely N-dealkylation sites (N-methyl/N-ethyl adjacent to an activating group) is 1. The first-order chi connectivity index (χ1) is 16.9. The van der Waals surface area contributed by atoms with Crippen LogP contribution in [0.15, 0.2) is 47.7 Å². The van der Waals surface area contributed by atoms with E-state index in [1.165, 1.54) is 4.57 Å². The van der Waals surface area contributed by atoms with Crippen LogP contribution < -0.4 is 16.2 Å². The summed E-state index contributed by atoms with van der Waals surface area (Å²) >= 11 is 6.67. The lowest BCUT2D eigenvalue weighted by Gasteiger charge is -2.17. The highest BCUT2D eigenvalue weighted by atomic mass is 35.5. The number of fused-ring (bicyclic) bond motifs is 1. The number of halogens is 1. The highest BCUT2D eigenvalue weighted by molar-refractivity contribution is 6.33. The first-order valence-electron chi connectivity index (χ1n) is 11.5. The third-order valence-electron chi connectivity index (χ3n) is 5.50. The second kappa shape index (κ2) is 10.9. The van der Waals surface area contributed by atoms with Crippen molar-refractivity contribution >= 4 is 28.6 Å². The van der Waals surface area contributed by atoms with Gasteiger partial charge in [-0.25, -0.2) is 9.97 Å². The van der Waals surface area contributed by atoms with Gasteiger partial charge in [-0.3, -0.25) is 14.3 Å². The molecule has 0 bridgehead atoms. The van der Waals surface area contributed by atoms with Gasteiger partial charge >= 0.3 is 0 Å². The van der Waals surface area contributed by atoms with Crippen LogP contribution in [0, 0.1) is 6.92 Å². The summed E-state index contributed by atoms with van der Waals surface area (Å²) in [6.45, 7) is 7.56. The number of nitrogens with zero attached hydrogens (tertiary/aromatic N) is 5. The Morgan fingerprint density at radius 2 is 1.91 bits per heavy atom. The third-order valence-corrected chi connectivity index (χ3v) is 5.81. The van der Waals surface area contributed by atoms with Gasteiger partial charge in [0.05, 0.1) is 30.2 Å². The summed E-state index contributed by atoms with van der Waals surface area (Å²) in [4.78, 5) is 31.3. The number of pyridine rings is 1. The maximum absolute atomic E-state index is 13.7. The highest BCUT2D eigenvalue weighted by Gasteiger charge is 2.18. The fraction of sp³-hybridized carbons (Fsp3) is 0.320. The lowest BCUT2D eigenvalue weighted by molar-refractivity contribution is 0.152. The number of aryl methyl sites for hydroxylation is 1. The molecular weight excluding hydrogens is 466 g/mol. The zero-order valence-corrected chi connectivity index (χ0v) is 20.7. The maximum Gasteiger partial charge on any atom is 0.260 e.